The second-order valence-corrected chi connectivity index (χ2v) is 8.06. The second-order valence-electron chi connectivity index (χ2n) is 8.06. The minimum absolute atomic E-state index is 0.0776. The third kappa shape index (κ3) is 6.08. The topological polar surface area (TPSA) is 101 Å². The summed E-state index contributed by atoms with van der Waals surface area (Å²) < 4.78 is 16.0. The van der Waals surface area contributed by atoms with Crippen LogP contribution < -0.4 is 30.2 Å². The molecule has 1 aliphatic carbocycles. The molecule has 9 heteroatoms. The normalized spacial score (nSPS) is 17.6. The lowest BCUT2D eigenvalue weighted by molar-refractivity contribution is 0.186. The van der Waals surface area contributed by atoms with E-state index in [4.69, 9.17) is 14.2 Å². The summed E-state index contributed by atoms with van der Waals surface area (Å²) in [5.41, 5.74) is 0.562. The van der Waals surface area contributed by atoms with Crippen molar-refractivity contribution in [3.63, 3.8) is 0 Å². The van der Waals surface area contributed by atoms with Gasteiger partial charge >= 0.3 is 12.1 Å². The first-order chi connectivity index (χ1) is 15.0. The third-order valence-corrected chi connectivity index (χ3v) is 5.97. The van der Waals surface area contributed by atoms with Crippen molar-refractivity contribution in [1.29, 1.82) is 0 Å². The van der Waals surface area contributed by atoms with Crippen molar-refractivity contribution in [2.45, 2.75) is 57.0 Å². The molecule has 3 rings (SSSR count). The highest BCUT2D eigenvalue weighted by atomic mass is 16.5. The van der Waals surface area contributed by atoms with Crippen LogP contribution in [0.2, 0.25) is 0 Å². The Hall–Kier alpha value is -2.84. The second kappa shape index (κ2) is 11.0. The molecule has 0 unspecified atom stereocenters. The number of methoxy groups -OCH3 is 3. The standard InChI is InChI=1S/C22H34N4O5/c1-29-18-13-17(14-19(30-2)20(18)31-3)25-22(28)26-11-9-16(10-12-26)24-21(27)23-15-7-5-4-6-8-15/h13-16H,4-12H2,1-3H3,(H,25,28)(H2,23,24,27). The van der Waals surface area contributed by atoms with Gasteiger partial charge in [-0.1, -0.05) is 19.3 Å². The lowest BCUT2D eigenvalue weighted by atomic mass is 9.96. The van der Waals surface area contributed by atoms with E-state index in [0.717, 1.165) is 25.7 Å². The van der Waals surface area contributed by atoms with Crippen LogP contribution in [0.4, 0.5) is 15.3 Å². The average molecular weight is 435 g/mol. The number of nitrogens with zero attached hydrogens (tertiary/aromatic N) is 1. The van der Waals surface area contributed by atoms with Gasteiger partial charge in [-0.15, -0.1) is 0 Å². The molecule has 1 aliphatic heterocycles. The van der Waals surface area contributed by atoms with E-state index in [0.29, 0.717) is 36.0 Å². The largest absolute Gasteiger partial charge is 0.493 e. The molecule has 0 aromatic heterocycles. The maximum Gasteiger partial charge on any atom is 0.321 e. The van der Waals surface area contributed by atoms with E-state index in [2.05, 4.69) is 16.0 Å². The van der Waals surface area contributed by atoms with Crippen LogP contribution in [0.5, 0.6) is 17.2 Å². The monoisotopic (exact) mass is 434 g/mol. The van der Waals surface area contributed by atoms with Crippen LogP contribution >= 0.6 is 0 Å². The Labute approximate surface area is 183 Å². The molecule has 4 amide bonds. The van der Waals surface area contributed by atoms with Crippen LogP contribution in [0, 0.1) is 0 Å². The fourth-order valence-corrected chi connectivity index (χ4v) is 4.24. The number of nitrogens with one attached hydrogen (secondary N) is 3. The van der Waals surface area contributed by atoms with Crippen molar-refractivity contribution < 1.29 is 23.8 Å². The summed E-state index contributed by atoms with van der Waals surface area (Å²) in [7, 11) is 4.60. The summed E-state index contributed by atoms with van der Waals surface area (Å²) in [4.78, 5) is 26.7. The van der Waals surface area contributed by atoms with E-state index in [1.165, 1.54) is 40.6 Å². The fourth-order valence-electron chi connectivity index (χ4n) is 4.24. The number of hydrogen-bond donors (Lipinski definition) is 3. The Morgan fingerprint density at radius 2 is 1.39 bits per heavy atom. The van der Waals surface area contributed by atoms with Crippen molar-refractivity contribution in [2.24, 2.45) is 0 Å². The Morgan fingerprint density at radius 3 is 1.90 bits per heavy atom. The number of carbonyl (C=O) groups is 2. The first-order valence-electron chi connectivity index (χ1n) is 11.0. The van der Waals surface area contributed by atoms with Crippen LogP contribution in [0.1, 0.15) is 44.9 Å². The molecule has 1 saturated carbocycles. The number of carbonyl (C=O) groups excluding carboxylic acids is 2. The summed E-state index contributed by atoms with van der Waals surface area (Å²) in [6.07, 6.45) is 7.20. The first kappa shape index (κ1) is 22.8. The van der Waals surface area contributed by atoms with E-state index >= 15 is 0 Å². The van der Waals surface area contributed by atoms with Crippen molar-refractivity contribution >= 4 is 17.7 Å². The minimum atomic E-state index is -0.195. The molecule has 0 bridgehead atoms. The van der Waals surface area contributed by atoms with Gasteiger partial charge in [-0.3, -0.25) is 0 Å². The molecule has 3 N–H and O–H groups in total. The van der Waals surface area contributed by atoms with Gasteiger partial charge in [0.25, 0.3) is 0 Å². The molecule has 1 aromatic carbocycles. The fraction of sp³-hybridized carbons (Fsp3) is 0.636. The van der Waals surface area contributed by atoms with Gasteiger partial charge in [-0.25, -0.2) is 9.59 Å². The summed E-state index contributed by atoms with van der Waals surface area (Å²) in [6.45, 7) is 1.15. The smallest absolute Gasteiger partial charge is 0.321 e. The first-order valence-corrected chi connectivity index (χ1v) is 11.0. The number of benzene rings is 1. The molecule has 2 aliphatic rings. The average Bonchev–Trinajstić information content (AvgIpc) is 2.79. The SMILES string of the molecule is COc1cc(NC(=O)N2CCC(NC(=O)NC3CCCCC3)CC2)cc(OC)c1OC. The molecule has 0 radical (unpaired) electrons. The van der Waals surface area contributed by atoms with E-state index in [1.807, 2.05) is 0 Å². The molecule has 172 valence electrons. The predicted octanol–water partition coefficient (Wildman–Crippen LogP) is 3.34. The number of urea groups is 2. The van der Waals surface area contributed by atoms with Crippen LogP contribution in [0.3, 0.4) is 0 Å². The third-order valence-electron chi connectivity index (χ3n) is 5.97. The Morgan fingerprint density at radius 1 is 0.839 bits per heavy atom. The predicted molar refractivity (Wildman–Crippen MR) is 118 cm³/mol. The summed E-state index contributed by atoms with van der Waals surface area (Å²) >= 11 is 0. The van der Waals surface area contributed by atoms with E-state index in [-0.39, 0.29) is 24.1 Å². The van der Waals surface area contributed by atoms with E-state index in [1.54, 1.807) is 17.0 Å². The Kier molecular flexibility index (Phi) is 8.08. The molecular formula is C22H34N4O5. The van der Waals surface area contributed by atoms with Crippen LogP contribution in [-0.4, -0.2) is 63.5 Å². The number of anilines is 1. The molecule has 0 spiro atoms. The molecule has 9 nitrogen and oxygen atoms in total. The van der Waals surface area contributed by atoms with Gasteiger partial charge in [0, 0.05) is 37.3 Å². The highest BCUT2D eigenvalue weighted by Gasteiger charge is 2.25. The number of ether oxygens (including phenoxy) is 3. The highest BCUT2D eigenvalue weighted by molar-refractivity contribution is 5.90. The van der Waals surface area contributed by atoms with Crippen LogP contribution in [0.25, 0.3) is 0 Å². The Bertz CT molecular complexity index is 733. The zero-order valence-electron chi connectivity index (χ0n) is 18.7. The van der Waals surface area contributed by atoms with Gasteiger partial charge in [-0.05, 0) is 25.7 Å². The molecule has 0 atom stereocenters. The highest BCUT2D eigenvalue weighted by Crippen LogP contribution is 2.40. The van der Waals surface area contributed by atoms with E-state index in [9.17, 15) is 9.59 Å². The number of likely N-dealkylation sites (tertiary alicyclic amines) is 1. The summed E-state index contributed by atoms with van der Waals surface area (Å²) in [5.74, 6) is 1.43. The lowest BCUT2D eigenvalue weighted by Gasteiger charge is -2.33. The van der Waals surface area contributed by atoms with Crippen LogP contribution in [0.15, 0.2) is 12.1 Å². The molecule has 1 heterocycles. The lowest BCUT2D eigenvalue weighted by Crippen LogP contribution is -2.51. The van der Waals surface area contributed by atoms with Crippen LogP contribution in [-0.2, 0) is 0 Å². The molecular weight excluding hydrogens is 400 g/mol. The number of rotatable bonds is 6. The Balaban J connectivity index is 1.48. The molecule has 1 aromatic rings. The maximum absolute atomic E-state index is 12.7. The van der Waals surface area contributed by atoms with Gasteiger partial charge in [0.05, 0.1) is 27.0 Å². The number of amides is 4. The van der Waals surface area contributed by atoms with Crippen molar-refractivity contribution in [2.75, 3.05) is 39.7 Å². The molecule has 31 heavy (non-hydrogen) atoms. The number of hydrogen-bond acceptors (Lipinski definition) is 5. The molecule has 2 fully saturated rings. The van der Waals surface area contributed by atoms with Crippen molar-refractivity contribution in [3.05, 3.63) is 12.1 Å². The van der Waals surface area contributed by atoms with Gasteiger partial charge in [-0.2, -0.15) is 0 Å². The minimum Gasteiger partial charge on any atom is -0.493 e. The van der Waals surface area contributed by atoms with Gasteiger partial charge in [0.15, 0.2) is 11.5 Å². The molecule has 1 saturated heterocycles. The number of piperidine rings is 1. The van der Waals surface area contributed by atoms with Gasteiger partial charge in [0.2, 0.25) is 5.75 Å². The van der Waals surface area contributed by atoms with E-state index < -0.39 is 0 Å². The van der Waals surface area contributed by atoms with Crippen molar-refractivity contribution in [3.8, 4) is 17.2 Å². The van der Waals surface area contributed by atoms with Gasteiger partial charge < -0.3 is 35.1 Å². The maximum atomic E-state index is 12.7. The van der Waals surface area contributed by atoms with Crippen molar-refractivity contribution in [1.82, 2.24) is 15.5 Å². The summed E-state index contributed by atoms with van der Waals surface area (Å²) in [6, 6.07) is 3.48. The zero-order valence-corrected chi connectivity index (χ0v) is 18.7. The quantitative estimate of drug-likeness (QED) is 0.638. The zero-order chi connectivity index (χ0) is 22.2. The summed E-state index contributed by atoms with van der Waals surface area (Å²) in [5, 5.41) is 9.04. The van der Waals surface area contributed by atoms with Gasteiger partial charge in [0.1, 0.15) is 0 Å².